The van der Waals surface area contributed by atoms with Crippen molar-refractivity contribution in [2.24, 2.45) is 5.41 Å². The van der Waals surface area contributed by atoms with Gasteiger partial charge in [-0.25, -0.2) is 4.68 Å². The lowest BCUT2D eigenvalue weighted by atomic mass is 10.1. The normalized spacial score (nSPS) is 15.9. The van der Waals surface area contributed by atoms with Gasteiger partial charge in [-0.15, -0.1) is 5.10 Å². The Balaban J connectivity index is 2.00. The third-order valence-corrected chi connectivity index (χ3v) is 3.86. The van der Waals surface area contributed by atoms with Gasteiger partial charge in [0, 0.05) is 5.56 Å². The first-order valence-corrected chi connectivity index (χ1v) is 6.89. The van der Waals surface area contributed by atoms with Gasteiger partial charge < -0.3 is 5.11 Å². The van der Waals surface area contributed by atoms with Crippen LogP contribution in [-0.4, -0.2) is 41.5 Å². The van der Waals surface area contributed by atoms with Crippen LogP contribution in [0.1, 0.15) is 31.2 Å². The summed E-state index contributed by atoms with van der Waals surface area (Å²) < 4.78 is 1.57. The average molecular weight is 288 g/mol. The predicted molar refractivity (Wildman–Crippen MR) is 72.3 cm³/mol. The Bertz CT molecular complexity index is 692. The van der Waals surface area contributed by atoms with Crippen molar-refractivity contribution >= 4 is 5.97 Å². The van der Waals surface area contributed by atoms with Crippen LogP contribution >= 0.6 is 0 Å². The Morgan fingerprint density at radius 1 is 1.38 bits per heavy atom. The van der Waals surface area contributed by atoms with E-state index in [9.17, 15) is 9.90 Å². The van der Waals surface area contributed by atoms with Gasteiger partial charge in [0.15, 0.2) is 5.82 Å². The second kappa shape index (κ2) is 4.87. The maximum absolute atomic E-state index is 11.3. The van der Waals surface area contributed by atoms with Gasteiger partial charge in [-0.2, -0.15) is 10.2 Å². The number of carbonyl (C=O) groups is 1. The predicted octanol–water partition coefficient (Wildman–Crippen LogP) is 0.866. The van der Waals surface area contributed by atoms with Crippen molar-refractivity contribution in [3.63, 3.8) is 0 Å². The molecule has 0 atom stereocenters. The van der Waals surface area contributed by atoms with Gasteiger partial charge in [0.05, 0.1) is 23.3 Å². The van der Waals surface area contributed by atoms with E-state index in [2.05, 4.69) is 25.7 Å². The molecule has 0 amide bonds. The molecule has 2 heterocycles. The number of hydrogen-bond donors (Lipinski definition) is 1. The van der Waals surface area contributed by atoms with Gasteiger partial charge in [-0.05, 0) is 42.7 Å². The third kappa shape index (κ3) is 2.37. The van der Waals surface area contributed by atoms with Crippen molar-refractivity contribution in [2.45, 2.75) is 39.7 Å². The van der Waals surface area contributed by atoms with Crippen LogP contribution in [0.5, 0.6) is 0 Å². The van der Waals surface area contributed by atoms with Crippen LogP contribution in [0.4, 0.5) is 0 Å². The number of carboxylic acids is 1. The van der Waals surface area contributed by atoms with E-state index in [1.165, 1.54) is 0 Å². The molecule has 1 saturated carbocycles. The lowest BCUT2D eigenvalue weighted by molar-refractivity contribution is -0.144. The zero-order valence-electron chi connectivity index (χ0n) is 11.9. The molecule has 0 radical (unpaired) electrons. The molecule has 0 spiro atoms. The fraction of sp³-hybridized carbons (Fsp3) is 0.538. The van der Waals surface area contributed by atoms with Crippen LogP contribution in [0.2, 0.25) is 0 Å². The number of tetrazole rings is 1. The second-order valence-electron chi connectivity index (χ2n) is 5.45. The zero-order valence-corrected chi connectivity index (χ0v) is 11.9. The monoisotopic (exact) mass is 288 g/mol. The maximum Gasteiger partial charge on any atom is 0.311 e. The van der Waals surface area contributed by atoms with E-state index in [0.717, 1.165) is 17.0 Å². The first kappa shape index (κ1) is 13.6. The molecule has 2 aromatic rings. The van der Waals surface area contributed by atoms with Crippen molar-refractivity contribution in [3.05, 3.63) is 17.5 Å². The number of carboxylic acid groups (broad SMARTS) is 1. The molecule has 3 rings (SSSR count). The molecule has 110 valence electrons. The Labute approximate surface area is 121 Å². The minimum atomic E-state index is -0.788. The highest BCUT2D eigenvalue weighted by Crippen LogP contribution is 2.47. The van der Waals surface area contributed by atoms with Crippen molar-refractivity contribution in [1.29, 1.82) is 0 Å². The standard InChI is InChI=1S/C13H16N6O2/c1-3-10-9(6-8(2)14-15-10)11-16-17-18-19(11)7-13(4-5-13)12(20)21/h6H,3-5,7H2,1-2H3,(H,20,21). The summed E-state index contributed by atoms with van der Waals surface area (Å²) in [6, 6.07) is 1.88. The Morgan fingerprint density at radius 3 is 2.76 bits per heavy atom. The molecule has 21 heavy (non-hydrogen) atoms. The number of hydrogen-bond acceptors (Lipinski definition) is 6. The summed E-state index contributed by atoms with van der Waals surface area (Å²) in [5, 5.41) is 29.2. The first-order chi connectivity index (χ1) is 10.1. The SMILES string of the molecule is CCc1nnc(C)cc1-c1nnnn1CC1(C(=O)O)CC1. The van der Waals surface area contributed by atoms with Crippen LogP contribution in [0.25, 0.3) is 11.4 Å². The third-order valence-electron chi connectivity index (χ3n) is 3.86. The fourth-order valence-electron chi connectivity index (χ4n) is 2.35. The highest BCUT2D eigenvalue weighted by atomic mass is 16.4. The number of rotatable bonds is 5. The van der Waals surface area contributed by atoms with E-state index in [-0.39, 0.29) is 6.54 Å². The molecule has 0 aliphatic heterocycles. The average Bonchev–Trinajstić information content (AvgIpc) is 3.10. The topological polar surface area (TPSA) is 107 Å². The van der Waals surface area contributed by atoms with E-state index >= 15 is 0 Å². The summed E-state index contributed by atoms with van der Waals surface area (Å²) in [5.74, 6) is -0.235. The summed E-state index contributed by atoms with van der Waals surface area (Å²) in [6.45, 7) is 4.12. The smallest absolute Gasteiger partial charge is 0.311 e. The molecule has 1 aliphatic carbocycles. The minimum Gasteiger partial charge on any atom is -0.481 e. The molecular formula is C13H16N6O2. The molecule has 1 N–H and O–H groups in total. The van der Waals surface area contributed by atoms with E-state index in [4.69, 9.17) is 0 Å². The zero-order chi connectivity index (χ0) is 15.0. The molecule has 0 unspecified atom stereocenters. The summed E-state index contributed by atoms with van der Waals surface area (Å²) in [7, 11) is 0. The van der Waals surface area contributed by atoms with Crippen molar-refractivity contribution in [3.8, 4) is 11.4 Å². The number of aromatic nitrogens is 6. The number of aryl methyl sites for hydroxylation is 2. The molecule has 1 aliphatic rings. The van der Waals surface area contributed by atoms with Crippen LogP contribution in [0.15, 0.2) is 6.07 Å². The summed E-state index contributed by atoms with van der Waals surface area (Å²) in [4.78, 5) is 11.3. The van der Waals surface area contributed by atoms with E-state index in [0.29, 0.717) is 25.1 Å². The van der Waals surface area contributed by atoms with E-state index < -0.39 is 11.4 Å². The van der Waals surface area contributed by atoms with Crippen molar-refractivity contribution in [1.82, 2.24) is 30.4 Å². The largest absolute Gasteiger partial charge is 0.481 e. The Hall–Kier alpha value is -2.38. The van der Waals surface area contributed by atoms with E-state index in [1.807, 2.05) is 19.9 Å². The molecule has 2 aromatic heterocycles. The number of aliphatic carboxylic acids is 1. The van der Waals surface area contributed by atoms with Gasteiger partial charge in [0.1, 0.15) is 0 Å². The molecule has 8 heteroatoms. The van der Waals surface area contributed by atoms with Gasteiger partial charge in [0.2, 0.25) is 0 Å². The first-order valence-electron chi connectivity index (χ1n) is 6.89. The summed E-state index contributed by atoms with van der Waals surface area (Å²) >= 11 is 0. The lowest BCUT2D eigenvalue weighted by Gasteiger charge is -2.12. The van der Waals surface area contributed by atoms with Crippen LogP contribution in [-0.2, 0) is 17.8 Å². The van der Waals surface area contributed by atoms with Crippen LogP contribution < -0.4 is 0 Å². The van der Waals surface area contributed by atoms with Gasteiger partial charge in [0.25, 0.3) is 0 Å². The van der Waals surface area contributed by atoms with E-state index in [1.54, 1.807) is 4.68 Å². The van der Waals surface area contributed by atoms with Gasteiger partial charge in [-0.1, -0.05) is 6.92 Å². The second-order valence-corrected chi connectivity index (χ2v) is 5.45. The van der Waals surface area contributed by atoms with Crippen LogP contribution in [0.3, 0.4) is 0 Å². The Morgan fingerprint density at radius 2 is 2.14 bits per heavy atom. The number of nitrogens with zero attached hydrogens (tertiary/aromatic N) is 6. The van der Waals surface area contributed by atoms with Gasteiger partial charge in [-0.3, -0.25) is 4.79 Å². The molecular weight excluding hydrogens is 272 g/mol. The van der Waals surface area contributed by atoms with Crippen LogP contribution in [0, 0.1) is 12.3 Å². The van der Waals surface area contributed by atoms with Gasteiger partial charge >= 0.3 is 5.97 Å². The molecule has 8 nitrogen and oxygen atoms in total. The molecule has 0 aromatic carbocycles. The molecule has 0 bridgehead atoms. The highest BCUT2D eigenvalue weighted by molar-refractivity contribution is 5.77. The lowest BCUT2D eigenvalue weighted by Crippen LogP contribution is -2.23. The fourth-order valence-corrected chi connectivity index (χ4v) is 2.35. The maximum atomic E-state index is 11.3. The quantitative estimate of drug-likeness (QED) is 0.869. The summed E-state index contributed by atoms with van der Waals surface area (Å²) in [6.07, 6.45) is 2.03. The molecule has 1 fully saturated rings. The van der Waals surface area contributed by atoms with Crippen molar-refractivity contribution in [2.75, 3.05) is 0 Å². The Kier molecular flexibility index (Phi) is 3.15. The molecule has 0 saturated heterocycles. The minimum absolute atomic E-state index is 0.287. The van der Waals surface area contributed by atoms with Crippen molar-refractivity contribution < 1.29 is 9.90 Å². The summed E-state index contributed by atoms with van der Waals surface area (Å²) in [5.41, 5.74) is 1.68. The highest BCUT2D eigenvalue weighted by Gasteiger charge is 2.51.